The summed E-state index contributed by atoms with van der Waals surface area (Å²) in [7, 11) is -2.21. The number of nitro benzene ring substituents is 1. The molecule has 0 heterocycles. The van der Waals surface area contributed by atoms with Crippen LogP contribution in [-0.4, -0.2) is 41.9 Å². The lowest BCUT2D eigenvalue weighted by atomic mass is 10.1. The maximum Gasteiger partial charge on any atom is 0.269 e. The molecule has 1 N–H and O–H groups in total. The lowest BCUT2D eigenvalue weighted by Crippen LogP contribution is -2.47. The van der Waals surface area contributed by atoms with Crippen LogP contribution in [0.3, 0.4) is 0 Å². The number of hydrogen-bond acceptors (Lipinski definition) is 5. The van der Waals surface area contributed by atoms with Crippen molar-refractivity contribution in [1.29, 1.82) is 0 Å². The number of benzene rings is 1. The van der Waals surface area contributed by atoms with Crippen LogP contribution in [-0.2, 0) is 15.8 Å². The highest BCUT2D eigenvalue weighted by atomic mass is 32.2. The van der Waals surface area contributed by atoms with Crippen molar-refractivity contribution in [3.63, 3.8) is 0 Å². The van der Waals surface area contributed by atoms with Crippen molar-refractivity contribution in [3.05, 3.63) is 39.9 Å². The molecule has 0 unspecified atom stereocenters. The summed E-state index contributed by atoms with van der Waals surface area (Å²) in [5, 5.41) is 19.7. The number of nitro groups is 1. The Morgan fingerprint density at radius 1 is 1.30 bits per heavy atom. The van der Waals surface area contributed by atoms with Crippen LogP contribution in [0.5, 0.6) is 0 Å². The van der Waals surface area contributed by atoms with Crippen molar-refractivity contribution < 1.29 is 18.4 Å². The summed E-state index contributed by atoms with van der Waals surface area (Å²) in [6.45, 7) is 2.92. The van der Waals surface area contributed by atoms with E-state index in [9.17, 15) is 23.6 Å². The van der Waals surface area contributed by atoms with Crippen molar-refractivity contribution in [2.45, 2.75) is 25.1 Å². The van der Waals surface area contributed by atoms with E-state index in [-0.39, 0.29) is 18.0 Å². The highest BCUT2D eigenvalue weighted by Crippen LogP contribution is 2.20. The van der Waals surface area contributed by atoms with E-state index in [4.69, 9.17) is 0 Å². The second-order valence-corrected chi connectivity index (χ2v) is 7.12. The number of aliphatic hydroxyl groups is 1. The molecule has 0 spiro atoms. The van der Waals surface area contributed by atoms with Gasteiger partial charge in [0.2, 0.25) is 10.0 Å². The Labute approximate surface area is 118 Å². The van der Waals surface area contributed by atoms with Crippen LogP contribution in [0.25, 0.3) is 0 Å². The van der Waals surface area contributed by atoms with Gasteiger partial charge in [-0.2, -0.15) is 4.31 Å². The maximum absolute atomic E-state index is 12.2. The first-order valence-electron chi connectivity index (χ1n) is 5.91. The quantitative estimate of drug-likeness (QED) is 0.627. The lowest BCUT2D eigenvalue weighted by Gasteiger charge is -2.32. The number of rotatable bonds is 6. The Kier molecular flexibility index (Phi) is 4.85. The molecule has 8 heteroatoms. The third-order valence-electron chi connectivity index (χ3n) is 3.15. The largest absolute Gasteiger partial charge is 0.394 e. The Balaban J connectivity index is 2.94. The first-order chi connectivity index (χ1) is 9.10. The van der Waals surface area contributed by atoms with Crippen molar-refractivity contribution in [3.8, 4) is 0 Å². The summed E-state index contributed by atoms with van der Waals surface area (Å²) < 4.78 is 25.5. The second-order valence-electron chi connectivity index (χ2n) is 5.12. The van der Waals surface area contributed by atoms with E-state index in [1.54, 1.807) is 13.8 Å². The lowest BCUT2D eigenvalue weighted by molar-refractivity contribution is -0.384. The molecule has 1 aromatic rings. The Bertz CT molecular complexity index is 580. The molecule has 0 fully saturated rings. The molecular weight excluding hydrogens is 284 g/mol. The Hall–Kier alpha value is -1.51. The predicted molar refractivity (Wildman–Crippen MR) is 74.6 cm³/mol. The SMILES string of the molecule is CN(C(C)(C)CO)S(=O)(=O)Cc1ccc([N+](=O)[O-])cc1. The topological polar surface area (TPSA) is 101 Å². The van der Waals surface area contributed by atoms with Gasteiger partial charge in [0, 0.05) is 19.2 Å². The molecule has 0 radical (unpaired) electrons. The summed E-state index contributed by atoms with van der Waals surface area (Å²) in [4.78, 5) is 9.98. The summed E-state index contributed by atoms with van der Waals surface area (Å²) in [5.41, 5.74) is -0.536. The number of hydrogen-bond donors (Lipinski definition) is 1. The summed E-state index contributed by atoms with van der Waals surface area (Å²) in [6, 6.07) is 5.36. The van der Waals surface area contributed by atoms with E-state index in [1.165, 1.54) is 31.3 Å². The third kappa shape index (κ3) is 3.75. The molecule has 0 aliphatic rings. The fourth-order valence-corrected chi connectivity index (χ4v) is 3.12. The smallest absolute Gasteiger partial charge is 0.269 e. The fourth-order valence-electron chi connectivity index (χ4n) is 1.50. The summed E-state index contributed by atoms with van der Waals surface area (Å²) in [5.74, 6) is -0.273. The zero-order valence-corrected chi connectivity index (χ0v) is 12.4. The van der Waals surface area contributed by atoms with Gasteiger partial charge in [-0.3, -0.25) is 10.1 Å². The number of aliphatic hydroxyl groups excluding tert-OH is 1. The van der Waals surface area contributed by atoms with Gasteiger partial charge >= 0.3 is 0 Å². The van der Waals surface area contributed by atoms with Crippen LogP contribution in [0.4, 0.5) is 5.69 Å². The average molecular weight is 302 g/mol. The number of sulfonamides is 1. The molecule has 112 valence electrons. The Morgan fingerprint density at radius 2 is 1.80 bits per heavy atom. The van der Waals surface area contributed by atoms with Gasteiger partial charge < -0.3 is 5.11 Å². The molecule has 0 bridgehead atoms. The molecule has 0 aromatic heterocycles. The molecule has 0 aliphatic carbocycles. The van der Waals surface area contributed by atoms with Crippen molar-refractivity contribution in [2.24, 2.45) is 0 Å². The van der Waals surface area contributed by atoms with Gasteiger partial charge in [0.15, 0.2) is 0 Å². The highest BCUT2D eigenvalue weighted by Gasteiger charge is 2.32. The molecule has 1 aromatic carbocycles. The molecule has 0 atom stereocenters. The van der Waals surface area contributed by atoms with Crippen LogP contribution in [0, 0.1) is 10.1 Å². The number of non-ortho nitro benzene ring substituents is 1. The number of likely N-dealkylation sites (N-methyl/N-ethyl adjacent to an activating group) is 1. The monoisotopic (exact) mass is 302 g/mol. The summed E-state index contributed by atoms with van der Waals surface area (Å²) >= 11 is 0. The van der Waals surface area contributed by atoms with E-state index in [0.717, 1.165) is 4.31 Å². The molecule has 0 saturated heterocycles. The van der Waals surface area contributed by atoms with Crippen LogP contribution in [0.1, 0.15) is 19.4 Å². The van der Waals surface area contributed by atoms with Gasteiger partial charge in [0.05, 0.1) is 22.8 Å². The molecule has 0 saturated carbocycles. The van der Waals surface area contributed by atoms with E-state index in [0.29, 0.717) is 5.56 Å². The van der Waals surface area contributed by atoms with Crippen LogP contribution < -0.4 is 0 Å². The highest BCUT2D eigenvalue weighted by molar-refractivity contribution is 7.88. The second kappa shape index (κ2) is 5.86. The van der Waals surface area contributed by atoms with Crippen molar-refractivity contribution >= 4 is 15.7 Å². The predicted octanol–water partition coefficient (Wildman–Crippen LogP) is 1.13. The van der Waals surface area contributed by atoms with Crippen molar-refractivity contribution in [2.75, 3.05) is 13.7 Å². The maximum atomic E-state index is 12.2. The first kappa shape index (κ1) is 16.5. The van der Waals surface area contributed by atoms with Gasteiger partial charge in [-0.25, -0.2) is 8.42 Å². The zero-order chi connectivity index (χ0) is 15.6. The first-order valence-corrected chi connectivity index (χ1v) is 7.52. The molecule has 7 nitrogen and oxygen atoms in total. The molecule has 20 heavy (non-hydrogen) atoms. The normalized spacial score (nSPS) is 12.7. The summed E-state index contributed by atoms with van der Waals surface area (Å²) in [6.07, 6.45) is 0. The van der Waals surface area contributed by atoms with Crippen molar-refractivity contribution in [1.82, 2.24) is 4.31 Å². The van der Waals surface area contributed by atoms with Gasteiger partial charge in [-0.05, 0) is 19.4 Å². The average Bonchev–Trinajstić information content (AvgIpc) is 2.38. The van der Waals surface area contributed by atoms with Gasteiger partial charge in [-0.1, -0.05) is 12.1 Å². The molecule has 0 aliphatic heterocycles. The zero-order valence-electron chi connectivity index (χ0n) is 11.6. The third-order valence-corrected chi connectivity index (χ3v) is 5.18. The fraction of sp³-hybridized carbons (Fsp3) is 0.500. The van der Waals surface area contributed by atoms with Gasteiger partial charge in [-0.15, -0.1) is 0 Å². The van der Waals surface area contributed by atoms with E-state index >= 15 is 0 Å². The van der Waals surface area contributed by atoms with E-state index in [2.05, 4.69) is 0 Å². The standard InChI is InChI=1S/C12H18N2O5S/c1-12(2,9-15)13(3)20(18,19)8-10-4-6-11(7-5-10)14(16)17/h4-7,15H,8-9H2,1-3H3. The van der Waals surface area contributed by atoms with Crippen LogP contribution in [0.15, 0.2) is 24.3 Å². The van der Waals surface area contributed by atoms with Crippen LogP contribution in [0.2, 0.25) is 0 Å². The minimum atomic E-state index is -3.61. The van der Waals surface area contributed by atoms with E-state index in [1.807, 2.05) is 0 Å². The minimum Gasteiger partial charge on any atom is -0.394 e. The minimum absolute atomic E-state index is 0.0878. The van der Waals surface area contributed by atoms with Crippen LogP contribution >= 0.6 is 0 Å². The molecule has 0 amide bonds. The Morgan fingerprint density at radius 3 is 2.20 bits per heavy atom. The molecular formula is C12H18N2O5S. The van der Waals surface area contributed by atoms with Gasteiger partial charge in [0.25, 0.3) is 5.69 Å². The number of nitrogens with zero attached hydrogens (tertiary/aromatic N) is 2. The van der Waals surface area contributed by atoms with E-state index < -0.39 is 20.5 Å². The van der Waals surface area contributed by atoms with Gasteiger partial charge in [0.1, 0.15) is 0 Å². The molecule has 1 rings (SSSR count).